The van der Waals surface area contributed by atoms with Gasteiger partial charge < -0.3 is 0 Å². The molecule has 164 valence electrons. The van der Waals surface area contributed by atoms with Crippen LogP contribution in [0, 0.1) is 12.7 Å². The van der Waals surface area contributed by atoms with Gasteiger partial charge in [0, 0.05) is 17.7 Å². The van der Waals surface area contributed by atoms with E-state index < -0.39 is 20.7 Å². The molecule has 1 saturated carbocycles. The van der Waals surface area contributed by atoms with Crippen LogP contribution < -0.4 is 9.62 Å². The first-order valence-electron chi connectivity index (χ1n) is 9.93. The normalized spacial score (nSPS) is 13.8. The predicted molar refractivity (Wildman–Crippen MR) is 121 cm³/mol. The van der Waals surface area contributed by atoms with Crippen molar-refractivity contribution < 1.29 is 12.8 Å². The van der Waals surface area contributed by atoms with E-state index in [2.05, 4.69) is 25.1 Å². The van der Waals surface area contributed by atoms with Crippen molar-refractivity contribution in [3.63, 3.8) is 0 Å². The summed E-state index contributed by atoms with van der Waals surface area (Å²) in [6.45, 7) is 1.96. The number of aromatic nitrogens is 4. The minimum Gasteiger partial charge on any atom is -0.295 e. The Morgan fingerprint density at radius 2 is 1.94 bits per heavy atom. The van der Waals surface area contributed by atoms with Gasteiger partial charge in [-0.05, 0) is 55.7 Å². The first kappa shape index (κ1) is 20.6. The number of anilines is 4. The van der Waals surface area contributed by atoms with Crippen molar-refractivity contribution in [1.29, 1.82) is 0 Å². The Bertz CT molecular complexity index is 1370. The minimum atomic E-state index is -4.16. The summed E-state index contributed by atoms with van der Waals surface area (Å²) in [5.41, 5.74) is 2.26. The van der Waals surface area contributed by atoms with Gasteiger partial charge in [0.05, 0.1) is 11.9 Å². The van der Waals surface area contributed by atoms with Crippen molar-refractivity contribution >= 4 is 43.7 Å². The van der Waals surface area contributed by atoms with E-state index in [9.17, 15) is 8.42 Å². The van der Waals surface area contributed by atoms with Crippen LogP contribution in [0.2, 0.25) is 0 Å². The standard InChI is InChI=1S/C21H19FN6O2S2/c1-13-3-2-4-15(11-13)28(19-9-10-23-24-19)16-7-8-18(17(22)12-16)32(29,30)27-21-26-25-20(31-21)14-5-6-14/h2-4,7-12,14H,5-6H2,1H3,(H,23,24)(H,26,27). The van der Waals surface area contributed by atoms with Crippen molar-refractivity contribution in [3.05, 3.63) is 71.1 Å². The second-order valence-electron chi connectivity index (χ2n) is 7.56. The zero-order valence-corrected chi connectivity index (χ0v) is 18.6. The first-order chi connectivity index (χ1) is 15.4. The van der Waals surface area contributed by atoms with Crippen LogP contribution in [0.1, 0.15) is 29.3 Å². The Morgan fingerprint density at radius 3 is 2.62 bits per heavy atom. The van der Waals surface area contributed by atoms with Gasteiger partial charge in [-0.15, -0.1) is 10.2 Å². The number of rotatable bonds is 7. The second kappa shape index (κ2) is 7.99. The molecule has 0 amide bonds. The van der Waals surface area contributed by atoms with Gasteiger partial charge in [0.1, 0.15) is 21.5 Å². The van der Waals surface area contributed by atoms with Gasteiger partial charge in [-0.1, -0.05) is 23.5 Å². The SMILES string of the molecule is Cc1cccc(N(c2ccc(S(=O)(=O)Nc3nnc(C4CC4)s3)c(F)c2)c2ccn[nH]2)c1. The molecule has 0 saturated heterocycles. The number of aryl methyl sites for hydroxylation is 1. The van der Waals surface area contributed by atoms with Gasteiger partial charge in [-0.3, -0.25) is 14.7 Å². The number of halogens is 1. The molecule has 2 aromatic carbocycles. The quantitative estimate of drug-likeness (QED) is 0.400. The summed E-state index contributed by atoms with van der Waals surface area (Å²) in [5.74, 6) is 0.0983. The van der Waals surface area contributed by atoms with Crippen molar-refractivity contribution in [2.75, 3.05) is 9.62 Å². The van der Waals surface area contributed by atoms with E-state index in [1.54, 1.807) is 23.2 Å². The van der Waals surface area contributed by atoms with E-state index in [4.69, 9.17) is 0 Å². The number of aromatic amines is 1. The number of hydrogen-bond donors (Lipinski definition) is 2. The van der Waals surface area contributed by atoms with Crippen LogP contribution in [-0.4, -0.2) is 28.8 Å². The zero-order chi connectivity index (χ0) is 22.3. The van der Waals surface area contributed by atoms with Crippen molar-refractivity contribution in [2.24, 2.45) is 0 Å². The Hall–Kier alpha value is -3.31. The summed E-state index contributed by atoms with van der Waals surface area (Å²) >= 11 is 1.18. The number of sulfonamides is 1. The zero-order valence-electron chi connectivity index (χ0n) is 17.0. The number of nitrogens with zero attached hydrogens (tertiary/aromatic N) is 4. The summed E-state index contributed by atoms with van der Waals surface area (Å²) in [5, 5.41) is 15.7. The fraction of sp³-hybridized carbons (Fsp3) is 0.190. The third-order valence-electron chi connectivity index (χ3n) is 5.04. The van der Waals surface area contributed by atoms with Crippen LogP contribution in [0.25, 0.3) is 0 Å². The molecular weight excluding hydrogens is 451 g/mol. The van der Waals surface area contributed by atoms with Crippen LogP contribution in [0.3, 0.4) is 0 Å². The third kappa shape index (κ3) is 4.08. The van der Waals surface area contributed by atoms with Crippen LogP contribution in [0.15, 0.2) is 59.6 Å². The van der Waals surface area contributed by atoms with E-state index in [0.717, 1.165) is 29.1 Å². The Labute approximate surface area is 188 Å². The maximum Gasteiger partial charge on any atom is 0.266 e. The molecule has 8 nitrogen and oxygen atoms in total. The molecular formula is C21H19FN6O2S2. The van der Waals surface area contributed by atoms with Gasteiger partial charge in [-0.25, -0.2) is 12.8 Å². The van der Waals surface area contributed by atoms with Crippen LogP contribution >= 0.6 is 11.3 Å². The highest BCUT2D eigenvalue weighted by Gasteiger charge is 2.29. The minimum absolute atomic E-state index is 0.134. The van der Waals surface area contributed by atoms with Crippen LogP contribution in [0.5, 0.6) is 0 Å². The summed E-state index contributed by atoms with van der Waals surface area (Å²) in [7, 11) is -4.16. The van der Waals surface area contributed by atoms with Gasteiger partial charge >= 0.3 is 0 Å². The molecule has 32 heavy (non-hydrogen) atoms. The lowest BCUT2D eigenvalue weighted by Gasteiger charge is -2.24. The molecule has 0 spiro atoms. The number of hydrogen-bond acceptors (Lipinski definition) is 7. The van der Waals surface area contributed by atoms with Gasteiger partial charge in [0.25, 0.3) is 10.0 Å². The van der Waals surface area contributed by atoms with E-state index in [1.165, 1.54) is 23.5 Å². The van der Waals surface area contributed by atoms with Crippen LogP contribution in [0.4, 0.5) is 26.7 Å². The van der Waals surface area contributed by atoms with E-state index in [0.29, 0.717) is 17.4 Å². The Balaban J connectivity index is 1.47. The molecule has 0 aliphatic heterocycles. The molecule has 0 bridgehead atoms. The molecule has 4 aromatic rings. The van der Waals surface area contributed by atoms with Gasteiger partial charge in [-0.2, -0.15) is 5.10 Å². The molecule has 1 aliphatic rings. The highest BCUT2D eigenvalue weighted by Crippen LogP contribution is 2.42. The summed E-state index contributed by atoms with van der Waals surface area (Å²) < 4.78 is 43.0. The molecule has 2 aromatic heterocycles. The molecule has 2 heterocycles. The van der Waals surface area contributed by atoms with E-state index in [-0.39, 0.29) is 5.13 Å². The summed E-state index contributed by atoms with van der Waals surface area (Å²) in [6.07, 6.45) is 3.66. The maximum absolute atomic E-state index is 15.1. The average Bonchev–Trinajstić information content (AvgIpc) is 3.26. The molecule has 0 radical (unpaired) electrons. The average molecular weight is 471 g/mol. The smallest absolute Gasteiger partial charge is 0.266 e. The molecule has 2 N–H and O–H groups in total. The number of H-pyrrole nitrogens is 1. The van der Waals surface area contributed by atoms with Crippen molar-refractivity contribution in [2.45, 2.75) is 30.6 Å². The number of benzene rings is 2. The fourth-order valence-electron chi connectivity index (χ4n) is 3.36. The largest absolute Gasteiger partial charge is 0.295 e. The highest BCUT2D eigenvalue weighted by molar-refractivity contribution is 7.93. The second-order valence-corrected chi connectivity index (χ2v) is 10.2. The van der Waals surface area contributed by atoms with E-state index >= 15 is 4.39 Å². The van der Waals surface area contributed by atoms with Crippen molar-refractivity contribution in [3.8, 4) is 0 Å². The number of nitrogens with one attached hydrogen (secondary N) is 2. The third-order valence-corrected chi connectivity index (χ3v) is 7.54. The lowest BCUT2D eigenvalue weighted by molar-refractivity contribution is 0.570. The lowest BCUT2D eigenvalue weighted by Crippen LogP contribution is -2.16. The Morgan fingerprint density at radius 1 is 1.12 bits per heavy atom. The van der Waals surface area contributed by atoms with Gasteiger partial charge in [0.2, 0.25) is 5.13 Å². The van der Waals surface area contributed by atoms with Crippen LogP contribution in [-0.2, 0) is 10.0 Å². The molecule has 0 unspecified atom stereocenters. The van der Waals surface area contributed by atoms with Crippen molar-refractivity contribution in [1.82, 2.24) is 20.4 Å². The summed E-state index contributed by atoms with van der Waals surface area (Å²) in [4.78, 5) is 1.30. The molecule has 1 fully saturated rings. The molecule has 1 aliphatic carbocycles. The van der Waals surface area contributed by atoms with E-state index in [1.807, 2.05) is 31.2 Å². The summed E-state index contributed by atoms with van der Waals surface area (Å²) in [6, 6.07) is 13.4. The fourth-order valence-corrected chi connectivity index (χ4v) is 5.56. The van der Waals surface area contributed by atoms with Gasteiger partial charge in [0.15, 0.2) is 0 Å². The highest BCUT2D eigenvalue weighted by atomic mass is 32.2. The first-order valence-corrected chi connectivity index (χ1v) is 12.2. The predicted octanol–water partition coefficient (Wildman–Crippen LogP) is 4.86. The topological polar surface area (TPSA) is 104 Å². The monoisotopic (exact) mass is 470 g/mol. The molecule has 5 rings (SSSR count). The maximum atomic E-state index is 15.1. The molecule has 0 atom stereocenters. The lowest BCUT2D eigenvalue weighted by atomic mass is 10.2. The molecule has 11 heteroatoms. The Kier molecular flexibility index (Phi) is 5.14.